The third-order valence-corrected chi connectivity index (χ3v) is 4.54. The number of carboxylic acids is 1. The van der Waals surface area contributed by atoms with Crippen molar-refractivity contribution >= 4 is 23.7 Å². The monoisotopic (exact) mass is 408 g/mol. The van der Waals surface area contributed by atoms with E-state index in [9.17, 15) is 29.4 Å². The van der Waals surface area contributed by atoms with Crippen LogP contribution in [-0.4, -0.2) is 52.0 Å². The van der Waals surface area contributed by atoms with E-state index < -0.39 is 48.2 Å². The van der Waals surface area contributed by atoms with Crippen LogP contribution >= 0.6 is 0 Å². The molecule has 0 aliphatic rings. The number of carbonyl (C=O) groups excluding carboxylic acids is 3. The van der Waals surface area contributed by atoms with Crippen LogP contribution in [-0.2, 0) is 25.6 Å². The molecule has 0 aromatic heterocycles. The van der Waals surface area contributed by atoms with Crippen molar-refractivity contribution in [2.24, 2.45) is 17.4 Å². The lowest BCUT2D eigenvalue weighted by Crippen LogP contribution is -2.56. The maximum absolute atomic E-state index is 12.8. The zero-order valence-corrected chi connectivity index (χ0v) is 16.4. The fraction of sp³-hybridized carbons (Fsp3) is 0.474. The molecule has 8 N–H and O–H groups in total. The van der Waals surface area contributed by atoms with Crippen LogP contribution in [0.15, 0.2) is 24.3 Å². The Labute approximate surface area is 168 Å². The summed E-state index contributed by atoms with van der Waals surface area (Å²) in [4.78, 5) is 47.5. The van der Waals surface area contributed by atoms with Gasteiger partial charge in [-0.3, -0.25) is 14.4 Å². The van der Waals surface area contributed by atoms with Crippen LogP contribution in [0.5, 0.6) is 5.75 Å². The third-order valence-electron chi connectivity index (χ3n) is 4.54. The van der Waals surface area contributed by atoms with E-state index in [0.29, 0.717) is 12.0 Å². The molecule has 10 heteroatoms. The summed E-state index contributed by atoms with van der Waals surface area (Å²) < 4.78 is 0. The highest BCUT2D eigenvalue weighted by molar-refractivity contribution is 5.93. The summed E-state index contributed by atoms with van der Waals surface area (Å²) in [5.41, 5.74) is 11.3. The molecule has 0 spiro atoms. The lowest BCUT2D eigenvalue weighted by Gasteiger charge is -2.25. The molecule has 1 aromatic rings. The lowest BCUT2D eigenvalue weighted by atomic mass is 9.98. The number of hydrogen-bond acceptors (Lipinski definition) is 6. The quantitative estimate of drug-likeness (QED) is 0.278. The third kappa shape index (κ3) is 7.78. The molecule has 1 rings (SSSR count). The van der Waals surface area contributed by atoms with Crippen molar-refractivity contribution in [1.82, 2.24) is 10.6 Å². The maximum Gasteiger partial charge on any atom is 0.326 e. The first-order valence-electron chi connectivity index (χ1n) is 9.20. The average molecular weight is 408 g/mol. The van der Waals surface area contributed by atoms with Crippen LogP contribution in [0.1, 0.15) is 32.3 Å². The van der Waals surface area contributed by atoms with E-state index >= 15 is 0 Å². The van der Waals surface area contributed by atoms with Crippen LogP contribution in [0, 0.1) is 5.92 Å². The summed E-state index contributed by atoms with van der Waals surface area (Å²) in [5.74, 6) is -3.73. The zero-order valence-electron chi connectivity index (χ0n) is 16.4. The van der Waals surface area contributed by atoms with Gasteiger partial charge >= 0.3 is 5.97 Å². The summed E-state index contributed by atoms with van der Waals surface area (Å²) in [6.45, 7) is 3.49. The molecule has 0 heterocycles. The highest BCUT2D eigenvalue weighted by Gasteiger charge is 2.30. The number of nitrogens with one attached hydrogen (secondary N) is 2. The summed E-state index contributed by atoms with van der Waals surface area (Å²) in [5, 5.41) is 23.7. The fourth-order valence-electron chi connectivity index (χ4n) is 2.60. The summed E-state index contributed by atoms with van der Waals surface area (Å²) in [6.07, 6.45) is 0.147. The Balaban J connectivity index is 3.02. The molecule has 0 fully saturated rings. The molecule has 0 radical (unpaired) electrons. The Bertz CT molecular complexity index is 737. The van der Waals surface area contributed by atoms with E-state index in [1.807, 2.05) is 0 Å². The molecule has 0 aliphatic carbocycles. The van der Waals surface area contributed by atoms with E-state index in [2.05, 4.69) is 10.6 Å². The second kappa shape index (κ2) is 11.0. The van der Waals surface area contributed by atoms with E-state index in [4.69, 9.17) is 11.5 Å². The number of aliphatic carboxylic acids is 1. The molecule has 3 amide bonds. The van der Waals surface area contributed by atoms with Crippen LogP contribution in [0.4, 0.5) is 0 Å². The average Bonchev–Trinajstić information content (AvgIpc) is 2.65. The normalized spacial score (nSPS) is 14.9. The Morgan fingerprint density at radius 1 is 1.07 bits per heavy atom. The molecule has 0 bridgehead atoms. The van der Waals surface area contributed by atoms with Crippen molar-refractivity contribution in [1.29, 1.82) is 0 Å². The van der Waals surface area contributed by atoms with Crippen molar-refractivity contribution in [2.75, 3.05) is 0 Å². The molecular formula is C19H28N4O6. The lowest BCUT2D eigenvalue weighted by molar-refractivity contribution is -0.143. The molecule has 4 unspecified atom stereocenters. The molecule has 10 nitrogen and oxygen atoms in total. The molecule has 0 saturated carbocycles. The molecule has 0 saturated heterocycles. The van der Waals surface area contributed by atoms with Crippen LogP contribution in [0.3, 0.4) is 0 Å². The number of phenols is 1. The number of aromatic hydroxyl groups is 1. The Hall–Kier alpha value is -3.14. The smallest absolute Gasteiger partial charge is 0.326 e. The number of carboxylic acid groups (broad SMARTS) is 1. The van der Waals surface area contributed by atoms with Gasteiger partial charge in [-0.2, -0.15) is 0 Å². The maximum atomic E-state index is 12.8. The number of benzene rings is 1. The number of rotatable bonds is 11. The summed E-state index contributed by atoms with van der Waals surface area (Å²) >= 11 is 0. The van der Waals surface area contributed by atoms with E-state index in [-0.39, 0.29) is 18.1 Å². The molecule has 4 atom stereocenters. The van der Waals surface area contributed by atoms with Gasteiger partial charge in [0.05, 0.1) is 12.5 Å². The van der Waals surface area contributed by atoms with Gasteiger partial charge in [-0.25, -0.2) is 4.79 Å². The number of primary amides is 1. The SMILES string of the molecule is CCC(C)C(NC(=O)C(Cc1ccc(O)cc1)NC(=O)C(N)CC(N)=O)C(=O)O. The van der Waals surface area contributed by atoms with Crippen LogP contribution in [0.2, 0.25) is 0 Å². The Kier molecular flexibility index (Phi) is 9.07. The molecule has 0 aliphatic heterocycles. The molecule has 1 aromatic carbocycles. The number of nitrogens with two attached hydrogens (primary N) is 2. The first-order valence-corrected chi connectivity index (χ1v) is 9.20. The zero-order chi connectivity index (χ0) is 22.1. The second-order valence-corrected chi connectivity index (χ2v) is 6.92. The highest BCUT2D eigenvalue weighted by atomic mass is 16.4. The Morgan fingerprint density at radius 2 is 1.66 bits per heavy atom. The summed E-state index contributed by atoms with van der Waals surface area (Å²) in [7, 11) is 0. The van der Waals surface area contributed by atoms with Crippen molar-refractivity contribution in [3.63, 3.8) is 0 Å². The van der Waals surface area contributed by atoms with Gasteiger partial charge in [0.15, 0.2) is 0 Å². The van der Waals surface area contributed by atoms with Crippen molar-refractivity contribution in [3.8, 4) is 5.75 Å². The van der Waals surface area contributed by atoms with Gasteiger partial charge in [0.25, 0.3) is 0 Å². The number of phenolic OH excluding ortho intramolecular Hbond substituents is 1. The molecular weight excluding hydrogens is 380 g/mol. The standard InChI is InChI=1S/C19H28N4O6/c1-3-10(2)16(19(28)29)23-18(27)14(8-11-4-6-12(24)7-5-11)22-17(26)13(20)9-15(21)25/h4-7,10,13-14,16,24H,3,8-9,20H2,1-2H3,(H2,21,25)(H,22,26)(H,23,27)(H,28,29). The van der Waals surface area contributed by atoms with Gasteiger partial charge in [-0.15, -0.1) is 0 Å². The van der Waals surface area contributed by atoms with Gasteiger partial charge < -0.3 is 32.3 Å². The number of amides is 3. The molecule has 29 heavy (non-hydrogen) atoms. The van der Waals surface area contributed by atoms with Gasteiger partial charge in [0.1, 0.15) is 17.8 Å². The Morgan fingerprint density at radius 3 is 2.14 bits per heavy atom. The number of carbonyl (C=O) groups is 4. The van der Waals surface area contributed by atoms with Gasteiger partial charge in [0, 0.05) is 6.42 Å². The van der Waals surface area contributed by atoms with Gasteiger partial charge in [0.2, 0.25) is 17.7 Å². The van der Waals surface area contributed by atoms with Crippen molar-refractivity contribution in [2.45, 2.75) is 51.2 Å². The largest absolute Gasteiger partial charge is 0.508 e. The van der Waals surface area contributed by atoms with Crippen molar-refractivity contribution in [3.05, 3.63) is 29.8 Å². The predicted molar refractivity (Wildman–Crippen MR) is 105 cm³/mol. The topological polar surface area (TPSA) is 185 Å². The minimum absolute atomic E-state index is 0.0218. The predicted octanol–water partition coefficient (Wildman–Crippen LogP) is -0.762. The minimum atomic E-state index is -1.24. The minimum Gasteiger partial charge on any atom is -0.508 e. The first kappa shape index (κ1) is 23.9. The van der Waals surface area contributed by atoms with Crippen molar-refractivity contribution < 1.29 is 29.4 Å². The number of hydrogen-bond donors (Lipinski definition) is 6. The second-order valence-electron chi connectivity index (χ2n) is 6.92. The first-order chi connectivity index (χ1) is 13.5. The highest BCUT2D eigenvalue weighted by Crippen LogP contribution is 2.13. The van der Waals surface area contributed by atoms with E-state index in [1.54, 1.807) is 26.0 Å². The van der Waals surface area contributed by atoms with Gasteiger partial charge in [-0.05, 0) is 23.6 Å². The van der Waals surface area contributed by atoms with Crippen LogP contribution in [0.25, 0.3) is 0 Å². The fourth-order valence-corrected chi connectivity index (χ4v) is 2.60. The van der Waals surface area contributed by atoms with Gasteiger partial charge in [-0.1, -0.05) is 32.4 Å². The van der Waals surface area contributed by atoms with E-state index in [0.717, 1.165) is 0 Å². The molecule has 160 valence electrons. The van der Waals surface area contributed by atoms with Crippen LogP contribution < -0.4 is 22.1 Å². The summed E-state index contributed by atoms with van der Waals surface area (Å²) in [6, 6.07) is 2.45. The van der Waals surface area contributed by atoms with E-state index in [1.165, 1.54) is 12.1 Å².